The zero-order valence-corrected chi connectivity index (χ0v) is 13.6. The maximum absolute atomic E-state index is 12.8. The van der Waals surface area contributed by atoms with Crippen LogP contribution in [0.4, 0.5) is 5.69 Å². The Balaban J connectivity index is 2.04. The number of anilines is 1. The van der Waals surface area contributed by atoms with Gasteiger partial charge in [0.05, 0.1) is 17.9 Å². The third-order valence-corrected chi connectivity index (χ3v) is 6.81. The van der Waals surface area contributed by atoms with Crippen LogP contribution in [0.15, 0.2) is 21.5 Å². The molecular formula is C13H15BrN2O4S. The van der Waals surface area contributed by atoms with E-state index in [1.165, 1.54) is 4.31 Å². The number of aliphatic hydroxyl groups excluding tert-OH is 1. The molecule has 0 bridgehead atoms. The van der Waals surface area contributed by atoms with E-state index in [1.54, 1.807) is 12.1 Å². The number of amides is 1. The number of fused-ring (bicyclic) bond motifs is 1. The Labute approximate surface area is 131 Å². The quantitative estimate of drug-likeness (QED) is 0.828. The minimum absolute atomic E-state index is 0.138. The molecule has 3 rings (SSSR count). The van der Waals surface area contributed by atoms with E-state index in [-0.39, 0.29) is 29.9 Å². The molecule has 1 aromatic rings. The summed E-state index contributed by atoms with van der Waals surface area (Å²) in [4.78, 5) is 11.6. The first-order chi connectivity index (χ1) is 9.93. The van der Waals surface area contributed by atoms with Crippen LogP contribution in [0.3, 0.4) is 0 Å². The van der Waals surface area contributed by atoms with Crippen molar-refractivity contribution in [2.45, 2.75) is 30.2 Å². The lowest BCUT2D eigenvalue weighted by molar-refractivity contribution is -0.115. The molecule has 0 aliphatic carbocycles. The Kier molecular flexibility index (Phi) is 3.81. The van der Waals surface area contributed by atoms with Gasteiger partial charge in [0.15, 0.2) is 0 Å². The Bertz CT molecular complexity index is 704. The number of nitrogens with zero attached hydrogens (tertiary/aromatic N) is 1. The molecule has 1 atom stereocenters. The lowest BCUT2D eigenvalue weighted by Crippen LogP contribution is -2.37. The predicted molar refractivity (Wildman–Crippen MR) is 80.5 cm³/mol. The van der Waals surface area contributed by atoms with Gasteiger partial charge in [-0.2, -0.15) is 4.31 Å². The van der Waals surface area contributed by atoms with Crippen molar-refractivity contribution in [3.05, 3.63) is 22.2 Å². The van der Waals surface area contributed by atoms with Gasteiger partial charge in [-0.3, -0.25) is 4.79 Å². The van der Waals surface area contributed by atoms with E-state index in [2.05, 4.69) is 21.2 Å². The monoisotopic (exact) mass is 374 g/mol. The van der Waals surface area contributed by atoms with E-state index >= 15 is 0 Å². The summed E-state index contributed by atoms with van der Waals surface area (Å²) in [5.41, 5.74) is 1.33. The lowest BCUT2D eigenvalue weighted by Gasteiger charge is -2.23. The van der Waals surface area contributed by atoms with Gasteiger partial charge in [0.25, 0.3) is 0 Å². The molecule has 114 valence electrons. The molecule has 0 spiro atoms. The molecule has 1 amide bonds. The van der Waals surface area contributed by atoms with Gasteiger partial charge >= 0.3 is 0 Å². The number of hydrogen-bond donors (Lipinski definition) is 2. The molecule has 0 unspecified atom stereocenters. The fourth-order valence-corrected chi connectivity index (χ4v) is 5.60. The summed E-state index contributed by atoms with van der Waals surface area (Å²) in [6, 6.07) is 2.80. The topological polar surface area (TPSA) is 86.7 Å². The van der Waals surface area contributed by atoms with Crippen LogP contribution in [0.2, 0.25) is 0 Å². The number of aliphatic hydroxyl groups is 1. The summed E-state index contributed by atoms with van der Waals surface area (Å²) < 4.78 is 27.3. The molecule has 2 N–H and O–H groups in total. The highest BCUT2D eigenvalue weighted by Gasteiger charge is 2.36. The van der Waals surface area contributed by atoms with Crippen molar-refractivity contribution < 1.29 is 18.3 Å². The Morgan fingerprint density at radius 2 is 2.19 bits per heavy atom. The molecule has 1 aromatic carbocycles. The van der Waals surface area contributed by atoms with Crippen molar-refractivity contribution in [3.8, 4) is 0 Å². The molecule has 0 saturated carbocycles. The van der Waals surface area contributed by atoms with Crippen molar-refractivity contribution in [3.63, 3.8) is 0 Å². The molecule has 1 fully saturated rings. The van der Waals surface area contributed by atoms with Crippen LogP contribution < -0.4 is 5.32 Å². The van der Waals surface area contributed by atoms with E-state index in [0.717, 1.165) is 6.42 Å². The third-order valence-electron chi connectivity index (χ3n) is 3.90. The van der Waals surface area contributed by atoms with E-state index in [1.807, 2.05) is 0 Å². The SMILES string of the molecule is O=C1Cc2cc(S(=O)(=O)N3CCC[C@H]3CO)c(Br)cc2N1. The number of sulfonamides is 1. The van der Waals surface area contributed by atoms with Crippen LogP contribution in [-0.2, 0) is 21.2 Å². The van der Waals surface area contributed by atoms with E-state index in [9.17, 15) is 18.3 Å². The van der Waals surface area contributed by atoms with Gasteiger partial charge in [-0.1, -0.05) is 0 Å². The number of carbonyl (C=O) groups excluding carboxylic acids is 1. The minimum atomic E-state index is -3.68. The van der Waals surface area contributed by atoms with Crippen molar-refractivity contribution in [1.29, 1.82) is 0 Å². The van der Waals surface area contributed by atoms with E-state index in [0.29, 0.717) is 28.7 Å². The third kappa shape index (κ3) is 2.50. The molecule has 0 radical (unpaired) electrons. The van der Waals surface area contributed by atoms with Gasteiger partial charge < -0.3 is 10.4 Å². The van der Waals surface area contributed by atoms with Crippen molar-refractivity contribution in [2.75, 3.05) is 18.5 Å². The predicted octanol–water partition coefficient (Wildman–Crippen LogP) is 1.09. The Morgan fingerprint density at radius 1 is 1.43 bits per heavy atom. The molecular weight excluding hydrogens is 360 g/mol. The van der Waals surface area contributed by atoms with E-state index in [4.69, 9.17) is 0 Å². The Morgan fingerprint density at radius 3 is 2.90 bits per heavy atom. The molecule has 2 heterocycles. The average molecular weight is 375 g/mol. The van der Waals surface area contributed by atoms with Crippen LogP contribution in [0.5, 0.6) is 0 Å². The molecule has 6 nitrogen and oxygen atoms in total. The highest BCUT2D eigenvalue weighted by molar-refractivity contribution is 9.10. The fourth-order valence-electron chi connectivity index (χ4n) is 2.86. The fraction of sp³-hybridized carbons (Fsp3) is 0.462. The lowest BCUT2D eigenvalue weighted by atomic mass is 10.2. The maximum Gasteiger partial charge on any atom is 0.244 e. The number of benzene rings is 1. The number of rotatable bonds is 3. The van der Waals surface area contributed by atoms with Crippen LogP contribution in [0.25, 0.3) is 0 Å². The van der Waals surface area contributed by atoms with E-state index < -0.39 is 10.0 Å². The smallest absolute Gasteiger partial charge is 0.244 e. The van der Waals surface area contributed by atoms with Gasteiger partial charge in [-0.15, -0.1) is 0 Å². The van der Waals surface area contributed by atoms with Crippen LogP contribution in [0, 0.1) is 0 Å². The summed E-state index contributed by atoms with van der Waals surface area (Å²) in [7, 11) is -3.68. The van der Waals surface area contributed by atoms with Gasteiger partial charge in [-0.25, -0.2) is 8.42 Å². The van der Waals surface area contributed by atoms with Gasteiger partial charge in [0.2, 0.25) is 15.9 Å². The maximum atomic E-state index is 12.8. The highest BCUT2D eigenvalue weighted by Crippen LogP contribution is 2.35. The first-order valence-corrected chi connectivity index (χ1v) is 8.92. The first kappa shape index (κ1) is 15.0. The number of nitrogens with one attached hydrogen (secondary N) is 1. The second kappa shape index (κ2) is 5.35. The van der Waals surface area contributed by atoms with Crippen LogP contribution in [-0.4, -0.2) is 42.9 Å². The second-order valence-electron chi connectivity index (χ2n) is 5.26. The minimum Gasteiger partial charge on any atom is -0.395 e. The summed E-state index contributed by atoms with van der Waals surface area (Å²) in [5, 5.41) is 12.0. The zero-order valence-electron chi connectivity index (χ0n) is 11.2. The van der Waals surface area contributed by atoms with Crippen LogP contribution in [0.1, 0.15) is 18.4 Å². The van der Waals surface area contributed by atoms with Crippen molar-refractivity contribution >= 4 is 37.5 Å². The second-order valence-corrected chi connectivity index (χ2v) is 7.97. The molecule has 1 saturated heterocycles. The zero-order chi connectivity index (χ0) is 15.2. The first-order valence-electron chi connectivity index (χ1n) is 6.68. The molecule has 0 aromatic heterocycles. The average Bonchev–Trinajstić information content (AvgIpc) is 3.02. The number of hydrogen-bond acceptors (Lipinski definition) is 4. The number of carbonyl (C=O) groups is 1. The van der Waals surface area contributed by atoms with Gasteiger partial charge in [0, 0.05) is 22.7 Å². The molecule has 2 aliphatic rings. The number of halogens is 1. The summed E-state index contributed by atoms with van der Waals surface area (Å²) in [6.07, 6.45) is 1.60. The van der Waals surface area contributed by atoms with Crippen molar-refractivity contribution in [1.82, 2.24) is 4.31 Å². The van der Waals surface area contributed by atoms with Crippen molar-refractivity contribution in [2.24, 2.45) is 0 Å². The largest absolute Gasteiger partial charge is 0.395 e. The summed E-state index contributed by atoms with van der Waals surface area (Å²) in [6.45, 7) is 0.232. The van der Waals surface area contributed by atoms with Gasteiger partial charge in [0.1, 0.15) is 0 Å². The molecule has 8 heteroatoms. The van der Waals surface area contributed by atoms with Crippen LogP contribution >= 0.6 is 15.9 Å². The summed E-state index contributed by atoms with van der Waals surface area (Å²) in [5.74, 6) is -0.138. The molecule has 21 heavy (non-hydrogen) atoms. The molecule has 2 aliphatic heterocycles. The van der Waals surface area contributed by atoms with Gasteiger partial charge in [-0.05, 0) is 46.5 Å². The summed E-state index contributed by atoms with van der Waals surface area (Å²) >= 11 is 3.27. The Hall–Kier alpha value is -0.960. The normalized spacial score (nSPS) is 22.4. The standard InChI is InChI=1S/C13H15BrN2O4S/c14-10-6-11-8(5-13(18)15-11)4-12(10)21(19,20)16-3-1-2-9(16)7-17/h4,6,9,17H,1-3,5,7H2,(H,15,18)/t9-/m0/s1. The highest BCUT2D eigenvalue weighted by atomic mass is 79.9.